The number of hydrogen-bond donors (Lipinski definition) is 1. The van der Waals surface area contributed by atoms with E-state index in [4.69, 9.17) is 9.47 Å². The average Bonchev–Trinajstić information content (AvgIpc) is 3.26. The van der Waals surface area contributed by atoms with E-state index in [0.29, 0.717) is 0 Å². The van der Waals surface area contributed by atoms with E-state index in [9.17, 15) is 4.79 Å². The molecule has 0 radical (unpaired) electrons. The Morgan fingerprint density at radius 1 is 1.18 bits per heavy atom. The van der Waals surface area contributed by atoms with E-state index in [1.165, 1.54) is 16.7 Å². The zero-order valence-corrected chi connectivity index (χ0v) is 16.9. The Labute approximate surface area is 167 Å². The fourth-order valence-corrected chi connectivity index (χ4v) is 5.59. The summed E-state index contributed by atoms with van der Waals surface area (Å²) in [6.45, 7) is 4.38. The van der Waals surface area contributed by atoms with Gasteiger partial charge in [0.1, 0.15) is 18.2 Å². The third-order valence-electron chi connectivity index (χ3n) is 7.35. The van der Waals surface area contributed by atoms with Crippen LogP contribution >= 0.6 is 0 Å². The minimum Gasteiger partial charge on any atom is -0.458 e. The summed E-state index contributed by atoms with van der Waals surface area (Å²) in [4.78, 5) is 12.9. The summed E-state index contributed by atoms with van der Waals surface area (Å²) in [6, 6.07) is 8.66. The first-order valence-corrected chi connectivity index (χ1v) is 10.9. The molecule has 6 atom stereocenters. The van der Waals surface area contributed by atoms with Crippen LogP contribution in [0.5, 0.6) is 0 Å². The molecule has 5 rings (SSSR count). The Hall–Kier alpha value is -1.65. The molecule has 4 heteroatoms. The number of esters is 1. The average molecular weight is 382 g/mol. The highest BCUT2D eigenvalue weighted by molar-refractivity contribution is 5.79. The fraction of sp³-hybridized carbons (Fsp3) is 0.625. The van der Waals surface area contributed by atoms with Crippen molar-refractivity contribution in [2.45, 2.75) is 88.7 Å². The number of carbonyl (C=O) groups excluding carboxylic acids is 1. The second-order valence-corrected chi connectivity index (χ2v) is 9.33. The highest BCUT2D eigenvalue weighted by Gasteiger charge is 2.62. The predicted octanol–water partition coefficient (Wildman–Crippen LogP) is 4.24. The van der Waals surface area contributed by atoms with E-state index < -0.39 is 0 Å². The van der Waals surface area contributed by atoms with Gasteiger partial charge in [0.2, 0.25) is 0 Å². The van der Waals surface area contributed by atoms with Crippen LogP contribution in [-0.2, 0) is 20.7 Å². The van der Waals surface area contributed by atoms with Crippen LogP contribution in [0.15, 0.2) is 35.9 Å². The summed E-state index contributed by atoms with van der Waals surface area (Å²) < 4.78 is 12.0. The Bertz CT molecular complexity index is 803. The van der Waals surface area contributed by atoms with Crippen molar-refractivity contribution in [3.63, 3.8) is 0 Å². The molecule has 4 nitrogen and oxygen atoms in total. The first kappa shape index (κ1) is 18.4. The number of aryl methyl sites for hydroxylation is 1. The number of hydrogen-bond acceptors (Lipinski definition) is 4. The molecule has 0 bridgehead atoms. The van der Waals surface area contributed by atoms with Crippen LogP contribution in [0.1, 0.15) is 69.5 Å². The maximum atomic E-state index is 12.9. The summed E-state index contributed by atoms with van der Waals surface area (Å²) in [6.07, 6.45) is 9.72. The van der Waals surface area contributed by atoms with Gasteiger partial charge in [0.25, 0.3) is 0 Å². The molecule has 0 saturated carbocycles. The van der Waals surface area contributed by atoms with E-state index >= 15 is 0 Å². The summed E-state index contributed by atoms with van der Waals surface area (Å²) in [5.41, 5.74) is 4.05. The number of ether oxygens (including phenoxy) is 2. The molecule has 2 aliphatic heterocycles. The van der Waals surface area contributed by atoms with Gasteiger partial charge in [0.15, 0.2) is 0 Å². The van der Waals surface area contributed by atoms with Crippen LogP contribution in [0.3, 0.4) is 0 Å². The zero-order chi connectivity index (χ0) is 19.3. The van der Waals surface area contributed by atoms with E-state index in [2.05, 4.69) is 49.5 Å². The molecule has 1 aromatic rings. The van der Waals surface area contributed by atoms with Gasteiger partial charge in [-0.3, -0.25) is 10.1 Å². The molecule has 0 amide bonds. The van der Waals surface area contributed by atoms with Crippen molar-refractivity contribution in [2.24, 2.45) is 5.92 Å². The molecule has 0 unspecified atom stereocenters. The van der Waals surface area contributed by atoms with Gasteiger partial charge < -0.3 is 9.47 Å². The highest BCUT2D eigenvalue weighted by Crippen LogP contribution is 2.49. The fourth-order valence-electron chi connectivity index (χ4n) is 5.59. The van der Waals surface area contributed by atoms with Crippen molar-refractivity contribution in [1.29, 1.82) is 0 Å². The lowest BCUT2D eigenvalue weighted by Gasteiger charge is -2.30. The van der Waals surface area contributed by atoms with Crippen molar-refractivity contribution in [1.82, 2.24) is 5.32 Å². The molecular formula is C24H31NO3. The van der Waals surface area contributed by atoms with Crippen molar-refractivity contribution >= 4 is 5.97 Å². The first-order chi connectivity index (χ1) is 13.5. The summed E-state index contributed by atoms with van der Waals surface area (Å²) in [5.74, 6) is 0.0895. The van der Waals surface area contributed by atoms with Crippen LogP contribution in [-0.4, -0.2) is 29.8 Å². The quantitative estimate of drug-likeness (QED) is 0.473. The van der Waals surface area contributed by atoms with Gasteiger partial charge in [-0.2, -0.15) is 0 Å². The van der Waals surface area contributed by atoms with E-state index in [1.807, 2.05) is 0 Å². The minimum atomic E-state index is -0.234. The SMILES string of the molecule is C/C1=C\CC[C@@]2(C)O[C@@H]2[C@H]2OC(=O)[C@@H](N[C@H]3CCCc4ccccc43)[C@@H]2CC1. The Balaban J connectivity index is 1.40. The standard InChI is InChI=1S/C24H31NO3/c1-15-7-6-14-24(2)22(28-24)21-18(13-12-15)20(23(26)27-21)25-19-11-5-9-16-8-3-4-10-17(16)19/h3-4,7-8,10,18-22,25H,5-6,9,11-14H2,1-2H3/b15-7+/t18-,19-,20-,21-,22+,24+/m0/s1. The second kappa shape index (κ2) is 7.00. The van der Waals surface area contributed by atoms with Gasteiger partial charge in [0, 0.05) is 12.0 Å². The topological polar surface area (TPSA) is 50.9 Å². The van der Waals surface area contributed by atoms with Gasteiger partial charge in [-0.05, 0) is 69.9 Å². The largest absolute Gasteiger partial charge is 0.458 e. The number of epoxide rings is 1. The van der Waals surface area contributed by atoms with Gasteiger partial charge in [-0.1, -0.05) is 35.9 Å². The molecule has 0 spiro atoms. The lowest BCUT2D eigenvalue weighted by Crippen LogP contribution is -2.43. The van der Waals surface area contributed by atoms with Gasteiger partial charge >= 0.3 is 5.97 Å². The first-order valence-electron chi connectivity index (χ1n) is 10.9. The Morgan fingerprint density at radius 3 is 2.93 bits per heavy atom. The van der Waals surface area contributed by atoms with Crippen molar-refractivity contribution in [3.8, 4) is 0 Å². The minimum absolute atomic E-state index is 0.0544. The summed E-state index contributed by atoms with van der Waals surface area (Å²) in [7, 11) is 0. The van der Waals surface area contributed by atoms with E-state index in [1.54, 1.807) is 0 Å². The maximum absolute atomic E-state index is 12.9. The number of allylic oxidation sites excluding steroid dienone is 2. The smallest absolute Gasteiger partial charge is 0.323 e. The molecular weight excluding hydrogens is 350 g/mol. The number of benzene rings is 1. The lowest BCUT2D eigenvalue weighted by molar-refractivity contribution is -0.143. The second-order valence-electron chi connectivity index (χ2n) is 9.33. The molecule has 2 heterocycles. The summed E-state index contributed by atoms with van der Waals surface area (Å²) in [5, 5.41) is 3.72. The van der Waals surface area contributed by atoms with E-state index in [0.717, 1.165) is 44.9 Å². The van der Waals surface area contributed by atoms with Crippen molar-refractivity contribution < 1.29 is 14.3 Å². The number of fused-ring (bicyclic) bond motifs is 4. The van der Waals surface area contributed by atoms with Crippen LogP contribution in [0.2, 0.25) is 0 Å². The molecule has 1 N–H and O–H groups in total. The van der Waals surface area contributed by atoms with Crippen LogP contribution in [0.25, 0.3) is 0 Å². The molecule has 2 fully saturated rings. The molecule has 4 aliphatic rings. The Kier molecular flexibility index (Phi) is 4.59. The van der Waals surface area contributed by atoms with Gasteiger partial charge in [0.05, 0.1) is 5.60 Å². The normalized spacial score (nSPS) is 41.7. The van der Waals surface area contributed by atoms with Crippen LogP contribution in [0.4, 0.5) is 0 Å². The zero-order valence-electron chi connectivity index (χ0n) is 16.9. The van der Waals surface area contributed by atoms with Gasteiger partial charge in [-0.25, -0.2) is 0 Å². The highest BCUT2D eigenvalue weighted by atomic mass is 16.6. The Morgan fingerprint density at radius 2 is 2.04 bits per heavy atom. The van der Waals surface area contributed by atoms with Gasteiger partial charge in [-0.15, -0.1) is 0 Å². The predicted molar refractivity (Wildman–Crippen MR) is 108 cm³/mol. The summed E-state index contributed by atoms with van der Waals surface area (Å²) >= 11 is 0. The van der Waals surface area contributed by atoms with Crippen LogP contribution in [0, 0.1) is 5.92 Å². The molecule has 28 heavy (non-hydrogen) atoms. The monoisotopic (exact) mass is 381 g/mol. The molecule has 0 aromatic heterocycles. The van der Waals surface area contributed by atoms with Crippen molar-refractivity contribution in [3.05, 3.63) is 47.0 Å². The van der Waals surface area contributed by atoms with Crippen LogP contribution < -0.4 is 5.32 Å². The number of carbonyl (C=O) groups is 1. The number of rotatable bonds is 2. The third-order valence-corrected chi connectivity index (χ3v) is 7.35. The van der Waals surface area contributed by atoms with Crippen molar-refractivity contribution in [2.75, 3.05) is 0 Å². The third kappa shape index (κ3) is 3.21. The van der Waals surface area contributed by atoms with E-state index in [-0.39, 0.29) is 41.8 Å². The maximum Gasteiger partial charge on any atom is 0.323 e. The molecule has 2 saturated heterocycles. The molecule has 1 aromatic carbocycles. The number of nitrogens with one attached hydrogen (secondary N) is 1. The molecule has 150 valence electrons. The molecule has 2 aliphatic carbocycles. The lowest BCUT2D eigenvalue weighted by atomic mass is 9.82.